The molecule has 1 aromatic rings. The molecule has 1 aliphatic rings. The largest absolute Gasteiger partial charge is 0.379 e. The minimum Gasteiger partial charge on any atom is -0.379 e. The predicted octanol–water partition coefficient (Wildman–Crippen LogP) is -0.130. The van der Waals surface area contributed by atoms with Gasteiger partial charge in [-0.05, 0) is 24.3 Å². The van der Waals surface area contributed by atoms with Crippen molar-refractivity contribution in [3.63, 3.8) is 0 Å². The molecule has 1 aliphatic heterocycles. The lowest BCUT2D eigenvalue weighted by molar-refractivity contribution is 0.0272. The molecule has 0 spiro atoms. The van der Waals surface area contributed by atoms with E-state index in [1.54, 1.807) is 0 Å². The number of ether oxygens (including phenoxy) is 1. The van der Waals surface area contributed by atoms with E-state index in [1.165, 1.54) is 5.01 Å². The lowest BCUT2D eigenvalue weighted by atomic mass is 10.4. The minimum absolute atomic E-state index is 0.142. The molecular formula is C10H13FN2O5S2. The van der Waals surface area contributed by atoms with Crippen LogP contribution < -0.4 is 4.83 Å². The standard InChI is InChI=1S/C10H13FN2O5S2/c11-19(14,15)9-1-3-10(4-2-9)20(16,17)12-13-5-7-18-8-6-13/h1-4,12H,5-8H2. The molecule has 1 N–H and O–H groups in total. The van der Waals surface area contributed by atoms with Gasteiger partial charge >= 0.3 is 10.2 Å². The van der Waals surface area contributed by atoms with Gasteiger partial charge in [0, 0.05) is 13.1 Å². The third-order valence-electron chi connectivity index (χ3n) is 2.68. The zero-order valence-corrected chi connectivity index (χ0v) is 12.0. The average Bonchev–Trinajstić information content (AvgIpc) is 2.38. The van der Waals surface area contributed by atoms with Crippen LogP contribution in [-0.4, -0.2) is 48.1 Å². The highest BCUT2D eigenvalue weighted by atomic mass is 32.3. The number of nitrogens with zero attached hydrogens (tertiary/aromatic N) is 1. The molecule has 0 aromatic heterocycles. The average molecular weight is 324 g/mol. The van der Waals surface area contributed by atoms with E-state index in [0.717, 1.165) is 24.3 Å². The molecule has 2 rings (SSSR count). The number of sulfonamides is 1. The molecule has 0 unspecified atom stereocenters. The van der Waals surface area contributed by atoms with Gasteiger partial charge in [-0.15, -0.1) is 8.72 Å². The van der Waals surface area contributed by atoms with Crippen LogP contribution in [0.15, 0.2) is 34.1 Å². The van der Waals surface area contributed by atoms with Crippen LogP contribution in [0, 0.1) is 0 Å². The van der Waals surface area contributed by atoms with Crippen molar-refractivity contribution < 1.29 is 25.5 Å². The van der Waals surface area contributed by atoms with Crippen LogP contribution in [0.5, 0.6) is 0 Å². The summed E-state index contributed by atoms with van der Waals surface area (Å²) in [5, 5.41) is 1.48. The van der Waals surface area contributed by atoms with Crippen LogP contribution in [0.25, 0.3) is 0 Å². The molecule has 0 amide bonds. The van der Waals surface area contributed by atoms with Gasteiger partial charge in [0.2, 0.25) is 0 Å². The molecule has 0 bridgehead atoms. The molecule has 0 atom stereocenters. The molecule has 112 valence electrons. The highest BCUT2D eigenvalue weighted by molar-refractivity contribution is 7.89. The third kappa shape index (κ3) is 3.73. The quantitative estimate of drug-likeness (QED) is 0.776. The molecule has 10 heteroatoms. The van der Waals surface area contributed by atoms with Crippen molar-refractivity contribution in [2.75, 3.05) is 26.3 Å². The highest BCUT2D eigenvalue weighted by Crippen LogP contribution is 2.16. The van der Waals surface area contributed by atoms with Crippen LogP contribution in [0.3, 0.4) is 0 Å². The molecule has 1 saturated heterocycles. The molecule has 20 heavy (non-hydrogen) atoms. The fourth-order valence-electron chi connectivity index (χ4n) is 1.66. The van der Waals surface area contributed by atoms with Crippen LogP contribution in [0.2, 0.25) is 0 Å². The smallest absolute Gasteiger partial charge is 0.332 e. The van der Waals surface area contributed by atoms with E-state index < -0.39 is 25.1 Å². The first-order valence-corrected chi connectivity index (χ1v) is 8.55. The Labute approximate surface area is 116 Å². The first-order valence-electron chi connectivity index (χ1n) is 5.69. The van der Waals surface area contributed by atoms with E-state index in [9.17, 15) is 20.7 Å². The Hall–Kier alpha value is -1.07. The van der Waals surface area contributed by atoms with Gasteiger partial charge in [-0.1, -0.05) is 0 Å². The maximum absolute atomic E-state index is 12.7. The Bertz CT molecular complexity index is 666. The number of halogens is 1. The summed E-state index contributed by atoms with van der Waals surface area (Å²) in [5.74, 6) is 0. The van der Waals surface area contributed by atoms with Crippen molar-refractivity contribution in [3.05, 3.63) is 24.3 Å². The topological polar surface area (TPSA) is 92.8 Å². The molecule has 7 nitrogen and oxygen atoms in total. The normalized spacial score (nSPS) is 18.1. The molecule has 0 aliphatic carbocycles. The van der Waals surface area contributed by atoms with Gasteiger partial charge < -0.3 is 4.74 Å². The molecule has 0 radical (unpaired) electrons. The zero-order chi connectivity index (χ0) is 14.8. The van der Waals surface area contributed by atoms with Crippen LogP contribution >= 0.6 is 0 Å². The summed E-state index contributed by atoms with van der Waals surface area (Å²) in [7, 11) is -8.65. The minimum atomic E-state index is -4.83. The second-order valence-corrected chi connectivity index (χ2v) is 7.11. The number of hydrazine groups is 1. The van der Waals surface area contributed by atoms with Crippen molar-refractivity contribution in [2.24, 2.45) is 0 Å². The first kappa shape index (κ1) is 15.3. The van der Waals surface area contributed by atoms with E-state index in [0.29, 0.717) is 26.3 Å². The van der Waals surface area contributed by atoms with Gasteiger partial charge in [-0.3, -0.25) is 0 Å². The Balaban J connectivity index is 2.17. The van der Waals surface area contributed by atoms with Crippen molar-refractivity contribution in [1.29, 1.82) is 0 Å². The number of hydrogen-bond acceptors (Lipinski definition) is 6. The van der Waals surface area contributed by atoms with Crippen molar-refractivity contribution in [2.45, 2.75) is 9.79 Å². The number of morpholine rings is 1. The van der Waals surface area contributed by atoms with Crippen LogP contribution in [-0.2, 0) is 25.0 Å². The Kier molecular flexibility index (Phi) is 4.39. The third-order valence-corrected chi connectivity index (χ3v) is 4.90. The summed E-state index contributed by atoms with van der Waals surface area (Å²) < 4.78 is 63.2. The summed E-state index contributed by atoms with van der Waals surface area (Å²) in [4.78, 5) is 1.63. The van der Waals surface area contributed by atoms with E-state index >= 15 is 0 Å². The van der Waals surface area contributed by atoms with Gasteiger partial charge in [-0.25, -0.2) is 13.4 Å². The summed E-state index contributed by atoms with van der Waals surface area (Å²) in [6.07, 6.45) is 0. The predicted molar refractivity (Wildman–Crippen MR) is 67.4 cm³/mol. The monoisotopic (exact) mass is 324 g/mol. The second-order valence-electron chi connectivity index (χ2n) is 4.10. The number of benzene rings is 1. The second kappa shape index (κ2) is 5.74. The molecule has 1 fully saturated rings. The van der Waals surface area contributed by atoms with E-state index in [2.05, 4.69) is 4.83 Å². The van der Waals surface area contributed by atoms with E-state index in [1.807, 2.05) is 0 Å². The maximum atomic E-state index is 12.7. The van der Waals surface area contributed by atoms with Crippen molar-refractivity contribution in [1.82, 2.24) is 9.84 Å². The number of rotatable bonds is 4. The van der Waals surface area contributed by atoms with Gasteiger partial charge in [-0.2, -0.15) is 8.42 Å². The SMILES string of the molecule is O=S(=O)(F)c1ccc(S(=O)(=O)NN2CCOCC2)cc1. The summed E-state index contributed by atoms with van der Waals surface area (Å²) in [6, 6.07) is 3.89. The van der Waals surface area contributed by atoms with Crippen LogP contribution in [0.4, 0.5) is 3.89 Å². The lowest BCUT2D eigenvalue weighted by Crippen LogP contribution is -2.48. The summed E-state index contributed by atoms with van der Waals surface area (Å²) >= 11 is 0. The molecule has 1 aromatic carbocycles. The summed E-state index contributed by atoms with van der Waals surface area (Å²) in [5.41, 5.74) is 0. The van der Waals surface area contributed by atoms with Gasteiger partial charge in [0.15, 0.2) is 0 Å². The van der Waals surface area contributed by atoms with Crippen molar-refractivity contribution in [3.8, 4) is 0 Å². The van der Waals surface area contributed by atoms with E-state index in [-0.39, 0.29) is 4.90 Å². The van der Waals surface area contributed by atoms with Gasteiger partial charge in [0.1, 0.15) is 0 Å². The zero-order valence-electron chi connectivity index (χ0n) is 10.3. The van der Waals surface area contributed by atoms with Crippen LogP contribution in [0.1, 0.15) is 0 Å². The molecular weight excluding hydrogens is 311 g/mol. The lowest BCUT2D eigenvalue weighted by Gasteiger charge is -2.26. The summed E-state index contributed by atoms with van der Waals surface area (Å²) in [6.45, 7) is 1.66. The first-order chi connectivity index (χ1) is 9.29. The highest BCUT2D eigenvalue weighted by Gasteiger charge is 2.21. The molecule has 1 heterocycles. The van der Waals surface area contributed by atoms with Gasteiger partial charge in [0.05, 0.1) is 23.0 Å². The fraction of sp³-hybridized carbons (Fsp3) is 0.400. The van der Waals surface area contributed by atoms with Crippen molar-refractivity contribution >= 4 is 20.2 Å². The number of nitrogens with one attached hydrogen (secondary N) is 1. The van der Waals surface area contributed by atoms with E-state index in [4.69, 9.17) is 4.74 Å². The molecule has 0 saturated carbocycles. The van der Waals surface area contributed by atoms with Gasteiger partial charge in [0.25, 0.3) is 10.0 Å². The fourth-order valence-corrected chi connectivity index (χ4v) is 3.24. The number of hydrogen-bond donors (Lipinski definition) is 1. The Morgan fingerprint density at radius 1 is 1.00 bits per heavy atom. The Morgan fingerprint density at radius 2 is 1.50 bits per heavy atom. The maximum Gasteiger partial charge on any atom is 0.332 e. The Morgan fingerprint density at radius 3 is 2.00 bits per heavy atom.